The number of rotatable bonds is 6. The van der Waals surface area contributed by atoms with Crippen molar-refractivity contribution < 1.29 is 23.5 Å². The molecule has 7 heteroatoms. The average molecular weight is 432 g/mol. The molecule has 0 radical (unpaired) electrons. The molecule has 0 bridgehead atoms. The molecule has 0 amide bonds. The minimum Gasteiger partial charge on any atom is -0.462 e. The molecule has 3 aromatic rings. The largest absolute Gasteiger partial charge is 0.462 e. The number of pyridine rings is 1. The molecule has 3 rings (SSSR count). The molecule has 0 aliphatic rings. The van der Waals surface area contributed by atoms with E-state index in [2.05, 4.69) is 20.9 Å². The second kappa shape index (κ2) is 8.35. The van der Waals surface area contributed by atoms with Gasteiger partial charge in [-0.3, -0.25) is 0 Å². The van der Waals surface area contributed by atoms with E-state index in [-0.39, 0.29) is 18.9 Å². The Morgan fingerprint density at radius 2 is 1.93 bits per heavy atom. The van der Waals surface area contributed by atoms with Gasteiger partial charge in [-0.2, -0.15) is 0 Å². The molecule has 140 valence electrons. The van der Waals surface area contributed by atoms with Crippen LogP contribution in [0.1, 0.15) is 39.2 Å². The van der Waals surface area contributed by atoms with Crippen molar-refractivity contribution in [1.29, 1.82) is 0 Å². The molecule has 2 heterocycles. The van der Waals surface area contributed by atoms with Crippen LogP contribution in [0.25, 0.3) is 11.0 Å². The van der Waals surface area contributed by atoms with Gasteiger partial charge < -0.3 is 13.9 Å². The van der Waals surface area contributed by atoms with E-state index in [9.17, 15) is 9.59 Å². The molecule has 1 aromatic carbocycles. The minimum absolute atomic E-state index is 0.147. The van der Waals surface area contributed by atoms with E-state index in [1.807, 2.05) is 24.3 Å². The molecule has 0 aliphatic carbocycles. The third-order valence-electron chi connectivity index (χ3n) is 3.90. The normalized spacial score (nSPS) is 10.8. The standard InChI is InChI=1S/C20H18BrNO5/c1-3-25-19(23)16-5-6-17(22-12(16)2)20(24)26-9-8-15-11-13-10-14(21)4-7-18(13)27-15/h4-7,10-11H,3,8-9H2,1-2H3. The number of ether oxygens (including phenoxy) is 2. The van der Waals surface area contributed by atoms with Crippen LogP contribution >= 0.6 is 15.9 Å². The van der Waals surface area contributed by atoms with Gasteiger partial charge in [-0.1, -0.05) is 15.9 Å². The predicted octanol–water partition coefficient (Wildman–Crippen LogP) is 4.47. The fourth-order valence-electron chi connectivity index (χ4n) is 2.61. The number of benzene rings is 1. The molecule has 2 aromatic heterocycles. The van der Waals surface area contributed by atoms with Crippen molar-refractivity contribution in [1.82, 2.24) is 4.98 Å². The number of hydrogen-bond donors (Lipinski definition) is 0. The van der Waals surface area contributed by atoms with Gasteiger partial charge in [-0.05, 0) is 50.2 Å². The molecule has 0 unspecified atom stereocenters. The van der Waals surface area contributed by atoms with Crippen molar-refractivity contribution in [2.24, 2.45) is 0 Å². The summed E-state index contributed by atoms with van der Waals surface area (Å²) in [5.41, 5.74) is 1.69. The van der Waals surface area contributed by atoms with Crippen molar-refractivity contribution in [3.05, 3.63) is 63.6 Å². The zero-order valence-corrected chi connectivity index (χ0v) is 16.5. The summed E-state index contributed by atoms with van der Waals surface area (Å²) in [6.45, 7) is 3.82. The summed E-state index contributed by atoms with van der Waals surface area (Å²) in [6.07, 6.45) is 0.456. The highest BCUT2D eigenvalue weighted by atomic mass is 79.9. The summed E-state index contributed by atoms with van der Waals surface area (Å²) in [4.78, 5) is 28.1. The molecular formula is C20H18BrNO5. The van der Waals surface area contributed by atoms with Crippen molar-refractivity contribution >= 4 is 38.8 Å². The van der Waals surface area contributed by atoms with Crippen LogP contribution in [-0.4, -0.2) is 30.1 Å². The van der Waals surface area contributed by atoms with E-state index in [1.165, 1.54) is 12.1 Å². The number of halogens is 1. The van der Waals surface area contributed by atoms with E-state index in [0.29, 0.717) is 17.7 Å². The van der Waals surface area contributed by atoms with Crippen LogP contribution in [0.15, 0.2) is 45.3 Å². The first-order valence-electron chi connectivity index (χ1n) is 8.48. The summed E-state index contributed by atoms with van der Waals surface area (Å²) < 4.78 is 16.9. The van der Waals surface area contributed by atoms with Gasteiger partial charge in [0.05, 0.1) is 24.5 Å². The Morgan fingerprint density at radius 3 is 2.67 bits per heavy atom. The lowest BCUT2D eigenvalue weighted by Crippen LogP contribution is -2.13. The van der Waals surface area contributed by atoms with Gasteiger partial charge in [-0.15, -0.1) is 0 Å². The third kappa shape index (κ3) is 4.54. The van der Waals surface area contributed by atoms with Gasteiger partial charge in [0.1, 0.15) is 17.0 Å². The van der Waals surface area contributed by atoms with Crippen molar-refractivity contribution in [3.8, 4) is 0 Å². The maximum atomic E-state index is 12.2. The van der Waals surface area contributed by atoms with E-state index < -0.39 is 11.9 Å². The number of carbonyl (C=O) groups is 2. The fourth-order valence-corrected chi connectivity index (χ4v) is 2.99. The smallest absolute Gasteiger partial charge is 0.356 e. The highest BCUT2D eigenvalue weighted by Crippen LogP contribution is 2.23. The number of aromatic nitrogens is 1. The van der Waals surface area contributed by atoms with Crippen molar-refractivity contribution in [2.45, 2.75) is 20.3 Å². The monoisotopic (exact) mass is 431 g/mol. The molecule has 0 saturated heterocycles. The quantitative estimate of drug-likeness (QED) is 0.535. The molecule has 0 aliphatic heterocycles. The Hall–Kier alpha value is -2.67. The van der Waals surface area contributed by atoms with Crippen LogP contribution in [0.2, 0.25) is 0 Å². The SMILES string of the molecule is CCOC(=O)c1ccc(C(=O)OCCc2cc3cc(Br)ccc3o2)nc1C. The first-order chi connectivity index (χ1) is 13.0. The predicted molar refractivity (Wildman–Crippen MR) is 103 cm³/mol. The number of fused-ring (bicyclic) bond motifs is 1. The summed E-state index contributed by atoms with van der Waals surface area (Å²) >= 11 is 3.42. The zero-order valence-electron chi connectivity index (χ0n) is 15.0. The zero-order chi connectivity index (χ0) is 19.4. The average Bonchev–Trinajstić information content (AvgIpc) is 3.03. The highest BCUT2D eigenvalue weighted by molar-refractivity contribution is 9.10. The number of hydrogen-bond acceptors (Lipinski definition) is 6. The van der Waals surface area contributed by atoms with E-state index >= 15 is 0 Å². The molecule has 6 nitrogen and oxygen atoms in total. The second-order valence-electron chi connectivity index (χ2n) is 5.83. The summed E-state index contributed by atoms with van der Waals surface area (Å²) in [5, 5.41) is 0.984. The Bertz CT molecular complexity index is 995. The number of carbonyl (C=O) groups excluding carboxylic acids is 2. The maximum absolute atomic E-state index is 12.2. The number of esters is 2. The van der Waals surface area contributed by atoms with Crippen LogP contribution < -0.4 is 0 Å². The van der Waals surface area contributed by atoms with Gasteiger partial charge in [0.15, 0.2) is 0 Å². The Balaban J connectivity index is 1.60. The summed E-state index contributed by atoms with van der Waals surface area (Å²) in [7, 11) is 0. The molecule has 0 saturated carbocycles. The number of nitrogens with zero attached hydrogens (tertiary/aromatic N) is 1. The summed E-state index contributed by atoms with van der Waals surface area (Å²) in [6, 6.07) is 10.7. The highest BCUT2D eigenvalue weighted by Gasteiger charge is 2.16. The lowest BCUT2D eigenvalue weighted by atomic mass is 10.2. The van der Waals surface area contributed by atoms with Gasteiger partial charge in [0, 0.05) is 16.3 Å². The lowest BCUT2D eigenvalue weighted by molar-refractivity contribution is 0.0489. The van der Waals surface area contributed by atoms with Crippen LogP contribution in [0.3, 0.4) is 0 Å². The molecule has 27 heavy (non-hydrogen) atoms. The van der Waals surface area contributed by atoms with Crippen molar-refractivity contribution in [3.63, 3.8) is 0 Å². The van der Waals surface area contributed by atoms with E-state index in [1.54, 1.807) is 13.8 Å². The minimum atomic E-state index is -0.549. The van der Waals surface area contributed by atoms with Gasteiger partial charge >= 0.3 is 11.9 Å². The molecule has 0 spiro atoms. The number of aryl methyl sites for hydroxylation is 1. The first-order valence-corrected chi connectivity index (χ1v) is 9.27. The molecule has 0 atom stereocenters. The summed E-state index contributed by atoms with van der Waals surface area (Å²) in [5.74, 6) is -0.274. The van der Waals surface area contributed by atoms with Crippen LogP contribution in [0.4, 0.5) is 0 Å². The van der Waals surface area contributed by atoms with E-state index in [0.717, 1.165) is 21.2 Å². The molecular weight excluding hydrogens is 414 g/mol. The maximum Gasteiger partial charge on any atom is 0.356 e. The van der Waals surface area contributed by atoms with Gasteiger partial charge in [0.25, 0.3) is 0 Å². The Kier molecular flexibility index (Phi) is 5.91. The van der Waals surface area contributed by atoms with E-state index in [4.69, 9.17) is 13.9 Å². The lowest BCUT2D eigenvalue weighted by Gasteiger charge is -2.07. The third-order valence-corrected chi connectivity index (χ3v) is 4.39. The molecule has 0 fully saturated rings. The first kappa shape index (κ1) is 19.1. The van der Waals surface area contributed by atoms with Crippen LogP contribution in [-0.2, 0) is 15.9 Å². The second-order valence-corrected chi connectivity index (χ2v) is 6.75. The Labute approximate surface area is 164 Å². The fraction of sp³-hybridized carbons (Fsp3) is 0.250. The molecule has 0 N–H and O–H groups in total. The Morgan fingerprint density at radius 1 is 1.11 bits per heavy atom. The van der Waals surface area contributed by atoms with Gasteiger partial charge in [0.2, 0.25) is 0 Å². The topological polar surface area (TPSA) is 78.6 Å². The van der Waals surface area contributed by atoms with Crippen LogP contribution in [0.5, 0.6) is 0 Å². The van der Waals surface area contributed by atoms with Gasteiger partial charge in [-0.25, -0.2) is 14.6 Å². The van der Waals surface area contributed by atoms with Crippen LogP contribution in [0, 0.1) is 6.92 Å². The van der Waals surface area contributed by atoms with Crippen molar-refractivity contribution in [2.75, 3.05) is 13.2 Å². The number of furan rings is 1.